The van der Waals surface area contributed by atoms with Crippen molar-refractivity contribution in [3.8, 4) is 0 Å². The van der Waals surface area contributed by atoms with Crippen LogP contribution < -0.4 is 0 Å². The van der Waals surface area contributed by atoms with Gasteiger partial charge in [-0.25, -0.2) is 0 Å². The summed E-state index contributed by atoms with van der Waals surface area (Å²) in [6.45, 7) is 28.0. The molecule has 0 saturated heterocycles. The summed E-state index contributed by atoms with van der Waals surface area (Å²) >= 11 is 0. The summed E-state index contributed by atoms with van der Waals surface area (Å²) < 4.78 is 0. The molecule has 5 heteroatoms. The summed E-state index contributed by atoms with van der Waals surface area (Å²) in [7, 11) is 0.525. The van der Waals surface area contributed by atoms with Crippen molar-refractivity contribution >= 4 is 22.3 Å². The summed E-state index contributed by atoms with van der Waals surface area (Å²) in [5, 5.41) is 6.89. The van der Waals surface area contributed by atoms with Crippen molar-refractivity contribution in [3.63, 3.8) is 0 Å². The molecule has 24 heavy (non-hydrogen) atoms. The van der Waals surface area contributed by atoms with E-state index in [2.05, 4.69) is 83.1 Å². The van der Waals surface area contributed by atoms with E-state index in [9.17, 15) is 0 Å². The maximum absolute atomic E-state index is 8.36. The number of rotatable bonds is 6. The van der Waals surface area contributed by atoms with Gasteiger partial charge in [0.05, 0.1) is 0 Å². The molecule has 0 atom stereocenters. The summed E-state index contributed by atoms with van der Waals surface area (Å²) in [4.78, 5) is 8.36. The fourth-order valence-corrected chi connectivity index (χ4v) is 10.7. The van der Waals surface area contributed by atoms with Crippen LogP contribution in [0.3, 0.4) is 0 Å². The van der Waals surface area contributed by atoms with Gasteiger partial charge in [0.2, 0.25) is 0 Å². The Morgan fingerprint density at radius 2 is 0.625 bits per heavy atom. The molecule has 0 aliphatic rings. The van der Waals surface area contributed by atoms with E-state index in [1.807, 2.05) is 0 Å². The molecule has 1 N–H and O–H groups in total. The van der Waals surface area contributed by atoms with Crippen molar-refractivity contribution in [2.75, 3.05) is 0 Å². The molecule has 0 aromatic heterocycles. The molecule has 0 aliphatic heterocycles. The Bertz CT molecular complexity index is 206. The Kier molecular flexibility index (Phi) is 25.5. The van der Waals surface area contributed by atoms with Crippen LogP contribution in [0.15, 0.2) is 0 Å². The molecule has 2 nitrogen and oxygen atoms in total. The minimum atomic E-state index is -0.250. The topological polar surface area (TPSA) is 37.3 Å². The van der Waals surface area contributed by atoms with Crippen molar-refractivity contribution in [1.82, 2.24) is 0 Å². The standard InChI is InChI=1S/2C9H21P.CH2O2.Rh.2H/c2*1-7(2)10(8(3)4)9(5)6;2-1-3;;;/h2*7-9H,1-6H3;1H,(H,2,3);;;. The van der Waals surface area contributed by atoms with E-state index >= 15 is 0 Å². The average Bonchev–Trinajstić information content (AvgIpc) is 2.26. The van der Waals surface area contributed by atoms with Crippen LogP contribution in [-0.4, -0.2) is 45.5 Å². The van der Waals surface area contributed by atoms with Crippen LogP contribution in [0.5, 0.6) is 0 Å². The van der Waals surface area contributed by atoms with Gasteiger partial charge in [0.25, 0.3) is 6.47 Å². The summed E-state index contributed by atoms with van der Waals surface area (Å²) in [5.74, 6) is 0. The third-order valence-corrected chi connectivity index (χ3v) is 10.7. The molecule has 0 amide bonds. The molecular weight excluding hydrogens is 425 g/mol. The fourth-order valence-electron chi connectivity index (χ4n) is 3.58. The van der Waals surface area contributed by atoms with E-state index in [1.54, 1.807) is 0 Å². The van der Waals surface area contributed by atoms with Crippen LogP contribution in [0, 0.1) is 0 Å². The number of carbonyl (C=O) groups is 1. The summed E-state index contributed by atoms with van der Waals surface area (Å²) in [5.41, 5.74) is 5.39. The first-order valence-electron chi connectivity index (χ1n) is 8.97. The molecule has 0 bridgehead atoms. The van der Waals surface area contributed by atoms with Crippen molar-refractivity contribution in [2.45, 2.75) is 117 Å². The first-order chi connectivity index (χ1) is 10.3. The maximum atomic E-state index is 8.36. The fraction of sp³-hybridized carbons (Fsp3) is 0.947. The normalized spacial score (nSPS) is 11.0. The van der Waals surface area contributed by atoms with Gasteiger partial charge in [0.15, 0.2) is 0 Å². The van der Waals surface area contributed by atoms with Crippen molar-refractivity contribution < 1.29 is 29.4 Å². The zero-order valence-corrected chi connectivity index (χ0v) is 21.8. The summed E-state index contributed by atoms with van der Waals surface area (Å²) in [6.07, 6.45) is 0. The van der Waals surface area contributed by atoms with Gasteiger partial charge >= 0.3 is 19.5 Å². The summed E-state index contributed by atoms with van der Waals surface area (Å²) in [6, 6.07) is 0. The second-order valence-electron chi connectivity index (χ2n) is 7.56. The molecule has 0 aliphatic carbocycles. The van der Waals surface area contributed by atoms with E-state index < -0.39 is 0 Å². The van der Waals surface area contributed by atoms with Crippen molar-refractivity contribution in [3.05, 3.63) is 0 Å². The van der Waals surface area contributed by atoms with E-state index in [4.69, 9.17) is 9.90 Å². The van der Waals surface area contributed by atoms with Gasteiger partial charge in [-0.2, -0.15) is 0 Å². The van der Waals surface area contributed by atoms with Gasteiger partial charge in [-0.15, -0.1) is 0 Å². The van der Waals surface area contributed by atoms with Crippen LogP contribution >= 0.6 is 15.8 Å². The van der Waals surface area contributed by atoms with Gasteiger partial charge in [-0.05, 0) is 34.0 Å². The van der Waals surface area contributed by atoms with E-state index in [1.165, 1.54) is 0 Å². The Morgan fingerprint density at radius 1 is 0.542 bits per heavy atom. The van der Waals surface area contributed by atoms with E-state index in [0.717, 1.165) is 34.0 Å². The van der Waals surface area contributed by atoms with Gasteiger partial charge in [-0.1, -0.05) is 98.9 Å². The van der Waals surface area contributed by atoms with Crippen LogP contribution in [0.4, 0.5) is 0 Å². The molecule has 0 heterocycles. The molecular formula is C19H46O2P2Rh. The Labute approximate surface area is 168 Å². The van der Waals surface area contributed by atoms with Crippen LogP contribution in [0.25, 0.3) is 0 Å². The Balaban J connectivity index is -0.000000138. The molecule has 0 aromatic rings. The minimum absolute atomic E-state index is 0. The molecule has 153 valence electrons. The van der Waals surface area contributed by atoms with Crippen LogP contribution in [-0.2, 0) is 24.3 Å². The predicted octanol–water partition coefficient (Wildman–Crippen LogP) is 6.55. The van der Waals surface area contributed by atoms with E-state index in [0.29, 0.717) is 0 Å². The SMILES string of the molecule is CC(C)P(C(C)C)C(C)C.CC(C)P(C(C)C)C(C)C.O=CO.[RhH2]. The Hall–Kier alpha value is 0.953. The number of hydrogen-bond donors (Lipinski definition) is 1. The van der Waals surface area contributed by atoms with Crippen LogP contribution in [0.1, 0.15) is 83.1 Å². The molecule has 0 aromatic carbocycles. The van der Waals surface area contributed by atoms with Gasteiger partial charge in [0, 0.05) is 0 Å². The van der Waals surface area contributed by atoms with Gasteiger partial charge in [0.1, 0.15) is 0 Å². The zero-order valence-electron chi connectivity index (χ0n) is 18.2. The predicted molar refractivity (Wildman–Crippen MR) is 116 cm³/mol. The monoisotopic (exact) mass is 471 g/mol. The molecule has 0 unspecified atom stereocenters. The van der Waals surface area contributed by atoms with Gasteiger partial charge in [-0.3, -0.25) is 4.79 Å². The third kappa shape index (κ3) is 17.8. The van der Waals surface area contributed by atoms with Crippen molar-refractivity contribution in [1.29, 1.82) is 0 Å². The zero-order chi connectivity index (χ0) is 19.3. The first-order valence-corrected chi connectivity index (χ1v) is 12.1. The molecule has 0 fully saturated rings. The van der Waals surface area contributed by atoms with Gasteiger partial charge < -0.3 is 5.11 Å². The Morgan fingerprint density at radius 3 is 0.625 bits per heavy atom. The second-order valence-corrected chi connectivity index (χ2v) is 15.5. The van der Waals surface area contributed by atoms with E-state index in [-0.39, 0.29) is 41.8 Å². The average molecular weight is 471 g/mol. The third-order valence-electron chi connectivity index (χ3n) is 3.58. The van der Waals surface area contributed by atoms with Crippen LogP contribution in [0.2, 0.25) is 0 Å². The molecule has 0 saturated carbocycles. The molecule has 1 radical (unpaired) electrons. The molecule has 0 rings (SSSR count). The molecule has 0 spiro atoms. The first kappa shape index (κ1) is 32.6. The van der Waals surface area contributed by atoms with Crippen molar-refractivity contribution in [2.24, 2.45) is 0 Å². The number of carboxylic acid groups (broad SMARTS) is 1. The number of hydrogen-bond acceptors (Lipinski definition) is 1. The quantitative estimate of drug-likeness (QED) is 0.271. The second kappa shape index (κ2) is 18.7.